The molecular weight excluding hydrogens is 220 g/mol. The van der Waals surface area contributed by atoms with Crippen LogP contribution in [0.15, 0.2) is 0 Å². The molecule has 1 saturated heterocycles. The quantitative estimate of drug-likeness (QED) is 0.779. The fraction of sp³-hybridized carbons (Fsp3) is 1.00. The average Bonchev–Trinajstić information content (AvgIpc) is 2.45. The summed E-state index contributed by atoms with van der Waals surface area (Å²) in [5.41, 5.74) is 0. The van der Waals surface area contributed by atoms with Gasteiger partial charge in [0, 0.05) is 6.04 Å². The van der Waals surface area contributed by atoms with Crippen LogP contribution in [-0.2, 0) is 0 Å². The zero-order valence-electron chi connectivity index (χ0n) is 12.3. The van der Waals surface area contributed by atoms with Crippen LogP contribution in [0, 0.1) is 5.92 Å². The van der Waals surface area contributed by atoms with Gasteiger partial charge in [-0.05, 0) is 57.8 Å². The van der Waals surface area contributed by atoms with E-state index >= 15 is 0 Å². The predicted octanol–water partition coefficient (Wildman–Crippen LogP) is 3.42. The molecule has 1 aliphatic carbocycles. The Bertz CT molecular complexity index is 205. The highest BCUT2D eigenvalue weighted by Gasteiger charge is 2.21. The van der Waals surface area contributed by atoms with Crippen molar-refractivity contribution in [1.82, 2.24) is 10.2 Å². The van der Waals surface area contributed by atoms with Crippen molar-refractivity contribution in [3.63, 3.8) is 0 Å². The molecule has 0 spiro atoms. The van der Waals surface area contributed by atoms with Gasteiger partial charge in [0.1, 0.15) is 0 Å². The molecule has 2 fully saturated rings. The summed E-state index contributed by atoms with van der Waals surface area (Å²) in [5, 5.41) is 3.49. The third kappa shape index (κ3) is 4.55. The lowest BCUT2D eigenvalue weighted by atomic mass is 9.86. The van der Waals surface area contributed by atoms with Crippen LogP contribution in [-0.4, -0.2) is 37.1 Å². The van der Waals surface area contributed by atoms with E-state index in [9.17, 15) is 0 Å². The first-order chi connectivity index (χ1) is 8.90. The second kappa shape index (κ2) is 8.16. The molecule has 2 nitrogen and oxygen atoms in total. The topological polar surface area (TPSA) is 15.3 Å². The molecule has 0 amide bonds. The number of nitrogens with one attached hydrogen (secondary N) is 1. The molecular formula is C16H32N2. The highest BCUT2D eigenvalue weighted by Crippen LogP contribution is 2.27. The molecule has 2 aliphatic rings. The van der Waals surface area contributed by atoms with Crippen LogP contribution in [0.5, 0.6) is 0 Å². The molecule has 0 unspecified atom stereocenters. The van der Waals surface area contributed by atoms with Crippen LogP contribution in [0.2, 0.25) is 0 Å². The van der Waals surface area contributed by atoms with Crippen molar-refractivity contribution in [2.24, 2.45) is 5.92 Å². The molecule has 18 heavy (non-hydrogen) atoms. The molecule has 106 valence electrons. The summed E-state index contributed by atoms with van der Waals surface area (Å²) >= 11 is 0. The summed E-state index contributed by atoms with van der Waals surface area (Å²) in [6.45, 7) is 7.47. The lowest BCUT2D eigenvalue weighted by Gasteiger charge is -2.35. The molecule has 1 N–H and O–H groups in total. The van der Waals surface area contributed by atoms with Crippen molar-refractivity contribution in [2.45, 2.75) is 70.8 Å². The Kier molecular flexibility index (Phi) is 6.50. The van der Waals surface area contributed by atoms with Crippen LogP contribution in [0.3, 0.4) is 0 Å². The van der Waals surface area contributed by atoms with E-state index in [4.69, 9.17) is 0 Å². The predicted molar refractivity (Wildman–Crippen MR) is 78.9 cm³/mol. The number of piperidine rings is 1. The molecule has 0 aromatic heterocycles. The minimum Gasteiger partial charge on any atom is -0.317 e. The molecule has 1 saturated carbocycles. The van der Waals surface area contributed by atoms with E-state index in [1.807, 2.05) is 0 Å². The lowest BCUT2D eigenvalue weighted by Crippen LogP contribution is -2.44. The molecule has 2 rings (SSSR count). The van der Waals surface area contributed by atoms with Crippen molar-refractivity contribution in [3.8, 4) is 0 Å². The average molecular weight is 252 g/mol. The monoisotopic (exact) mass is 252 g/mol. The van der Waals surface area contributed by atoms with Crippen molar-refractivity contribution in [2.75, 3.05) is 26.2 Å². The van der Waals surface area contributed by atoms with Gasteiger partial charge >= 0.3 is 0 Å². The van der Waals surface area contributed by atoms with Crippen LogP contribution in [0.1, 0.15) is 64.7 Å². The van der Waals surface area contributed by atoms with Gasteiger partial charge in [0.05, 0.1) is 0 Å². The summed E-state index contributed by atoms with van der Waals surface area (Å²) in [7, 11) is 0. The first-order valence-corrected chi connectivity index (χ1v) is 8.35. The molecule has 0 aromatic rings. The van der Waals surface area contributed by atoms with E-state index in [1.165, 1.54) is 84.0 Å². The minimum absolute atomic E-state index is 0.870. The molecule has 2 heteroatoms. The zero-order chi connectivity index (χ0) is 12.6. The van der Waals surface area contributed by atoms with Gasteiger partial charge in [-0.3, -0.25) is 0 Å². The van der Waals surface area contributed by atoms with Gasteiger partial charge in [-0.2, -0.15) is 0 Å². The van der Waals surface area contributed by atoms with E-state index in [0.29, 0.717) is 0 Å². The lowest BCUT2D eigenvalue weighted by molar-refractivity contribution is 0.146. The van der Waals surface area contributed by atoms with Gasteiger partial charge in [0.15, 0.2) is 0 Å². The second-order valence-electron chi connectivity index (χ2n) is 6.31. The molecule has 1 heterocycles. The Morgan fingerprint density at radius 2 is 1.67 bits per heavy atom. The highest BCUT2D eigenvalue weighted by atomic mass is 15.2. The largest absolute Gasteiger partial charge is 0.317 e. The van der Waals surface area contributed by atoms with Crippen LogP contribution in [0.4, 0.5) is 0 Å². The smallest absolute Gasteiger partial charge is 0.0119 e. The minimum atomic E-state index is 0.870. The van der Waals surface area contributed by atoms with Gasteiger partial charge in [-0.1, -0.05) is 39.0 Å². The fourth-order valence-corrected chi connectivity index (χ4v) is 3.76. The van der Waals surface area contributed by atoms with E-state index < -0.39 is 0 Å². The Morgan fingerprint density at radius 1 is 0.944 bits per heavy atom. The Hall–Kier alpha value is -0.0800. The first-order valence-electron chi connectivity index (χ1n) is 8.35. The third-order valence-electron chi connectivity index (χ3n) is 4.89. The van der Waals surface area contributed by atoms with Crippen LogP contribution in [0.25, 0.3) is 0 Å². The second-order valence-corrected chi connectivity index (χ2v) is 6.31. The van der Waals surface area contributed by atoms with Crippen molar-refractivity contribution in [1.29, 1.82) is 0 Å². The van der Waals surface area contributed by atoms with Gasteiger partial charge in [-0.15, -0.1) is 0 Å². The van der Waals surface area contributed by atoms with E-state index in [0.717, 1.165) is 12.0 Å². The van der Waals surface area contributed by atoms with E-state index in [1.54, 1.807) is 0 Å². The SMILES string of the molecule is CCCN(CCC1CCCCC1)C1CCNCC1. The van der Waals surface area contributed by atoms with Crippen molar-refractivity contribution >= 4 is 0 Å². The van der Waals surface area contributed by atoms with Crippen molar-refractivity contribution in [3.05, 3.63) is 0 Å². The Labute approximate surface area is 114 Å². The van der Waals surface area contributed by atoms with Crippen LogP contribution >= 0.6 is 0 Å². The highest BCUT2D eigenvalue weighted by molar-refractivity contribution is 4.78. The summed E-state index contributed by atoms with van der Waals surface area (Å²) in [5.74, 6) is 1.04. The normalized spacial score (nSPS) is 23.7. The standard InChI is InChI=1S/C16H32N2/c1-2-13-18(16-8-11-17-12-9-16)14-10-15-6-4-3-5-7-15/h15-17H,2-14H2,1H3. The molecule has 0 atom stereocenters. The molecule has 0 radical (unpaired) electrons. The van der Waals surface area contributed by atoms with E-state index in [-0.39, 0.29) is 0 Å². The molecule has 0 bridgehead atoms. The maximum atomic E-state index is 3.49. The van der Waals surface area contributed by atoms with Gasteiger partial charge in [-0.25, -0.2) is 0 Å². The molecule has 1 aliphatic heterocycles. The van der Waals surface area contributed by atoms with Gasteiger partial charge in [0.25, 0.3) is 0 Å². The Balaban J connectivity index is 1.73. The zero-order valence-corrected chi connectivity index (χ0v) is 12.3. The molecule has 0 aromatic carbocycles. The first kappa shape index (κ1) is 14.3. The van der Waals surface area contributed by atoms with Gasteiger partial charge < -0.3 is 10.2 Å². The number of rotatable bonds is 6. The third-order valence-corrected chi connectivity index (χ3v) is 4.89. The van der Waals surface area contributed by atoms with Gasteiger partial charge in [0.2, 0.25) is 0 Å². The maximum absolute atomic E-state index is 3.49. The maximum Gasteiger partial charge on any atom is 0.0119 e. The summed E-state index contributed by atoms with van der Waals surface area (Å²) < 4.78 is 0. The van der Waals surface area contributed by atoms with Crippen molar-refractivity contribution < 1.29 is 0 Å². The fourth-order valence-electron chi connectivity index (χ4n) is 3.76. The number of hydrogen-bond donors (Lipinski definition) is 1. The van der Waals surface area contributed by atoms with E-state index in [2.05, 4.69) is 17.1 Å². The Morgan fingerprint density at radius 3 is 2.33 bits per heavy atom. The van der Waals surface area contributed by atoms with Crippen LogP contribution < -0.4 is 5.32 Å². The summed E-state index contributed by atoms with van der Waals surface area (Å²) in [6, 6.07) is 0.870. The summed E-state index contributed by atoms with van der Waals surface area (Å²) in [6.07, 6.45) is 13.0. The summed E-state index contributed by atoms with van der Waals surface area (Å²) in [4.78, 5) is 2.80. The number of nitrogens with zero attached hydrogens (tertiary/aromatic N) is 1. The number of hydrogen-bond acceptors (Lipinski definition) is 2.